The number of aromatic hydroxyl groups is 2. The molecule has 3 aliphatic rings. The van der Waals surface area contributed by atoms with Crippen LogP contribution >= 0.6 is 0 Å². The molecule has 1 saturated heterocycles. The van der Waals surface area contributed by atoms with Crippen molar-refractivity contribution in [1.29, 1.82) is 0 Å². The van der Waals surface area contributed by atoms with E-state index in [-0.39, 0.29) is 40.5 Å². The molecule has 2 aromatic rings. The van der Waals surface area contributed by atoms with Gasteiger partial charge in [-0.3, -0.25) is 14.4 Å². The first-order chi connectivity index (χ1) is 17.6. The van der Waals surface area contributed by atoms with Crippen molar-refractivity contribution in [3.8, 4) is 17.2 Å². The Hall–Kier alpha value is -3.31. The molecule has 10 heteroatoms. The lowest BCUT2D eigenvalue weighted by Gasteiger charge is -2.40. The molecule has 0 saturated carbocycles. The second-order valence-corrected chi connectivity index (χ2v) is 9.81. The van der Waals surface area contributed by atoms with Crippen molar-refractivity contribution in [2.75, 3.05) is 13.7 Å². The number of ketones is 3. The zero-order chi connectivity index (χ0) is 26.6. The molecule has 0 spiro atoms. The van der Waals surface area contributed by atoms with Crippen molar-refractivity contribution in [3.63, 3.8) is 0 Å². The van der Waals surface area contributed by atoms with E-state index in [1.54, 1.807) is 0 Å². The van der Waals surface area contributed by atoms with Crippen LogP contribution in [0.1, 0.15) is 81.7 Å². The van der Waals surface area contributed by atoms with E-state index in [4.69, 9.17) is 14.2 Å². The quantitative estimate of drug-likeness (QED) is 0.373. The van der Waals surface area contributed by atoms with E-state index in [1.807, 2.05) is 6.92 Å². The van der Waals surface area contributed by atoms with E-state index < -0.39 is 71.0 Å². The van der Waals surface area contributed by atoms with E-state index >= 15 is 0 Å². The number of hydrogen-bond donors (Lipinski definition) is 4. The lowest BCUT2D eigenvalue weighted by Crippen LogP contribution is -2.48. The second kappa shape index (κ2) is 9.21. The minimum atomic E-state index is -2.15. The van der Waals surface area contributed by atoms with Crippen molar-refractivity contribution in [1.82, 2.24) is 0 Å². The predicted molar refractivity (Wildman–Crippen MR) is 127 cm³/mol. The fourth-order valence-corrected chi connectivity index (χ4v) is 5.64. The molecule has 4 N–H and O–H groups in total. The number of methoxy groups -OCH3 is 1. The van der Waals surface area contributed by atoms with Crippen LogP contribution in [-0.2, 0) is 20.7 Å². The molecule has 0 bridgehead atoms. The minimum absolute atomic E-state index is 0.00649. The molecular weight excluding hydrogens is 484 g/mol. The van der Waals surface area contributed by atoms with E-state index in [1.165, 1.54) is 25.3 Å². The lowest BCUT2D eigenvalue weighted by molar-refractivity contribution is -0.223. The molecule has 0 aromatic heterocycles. The van der Waals surface area contributed by atoms with E-state index in [0.717, 1.165) is 12.8 Å². The molecule has 1 unspecified atom stereocenters. The number of ether oxygens (including phenoxy) is 3. The first-order valence-corrected chi connectivity index (χ1v) is 12.2. The summed E-state index contributed by atoms with van der Waals surface area (Å²) in [7, 11) is 1.35. The van der Waals surface area contributed by atoms with Crippen LogP contribution in [0.2, 0.25) is 0 Å². The number of Topliss-reactive ketones (excluding diaryl/α,β-unsaturated/α-hetero) is 1. The molecule has 0 radical (unpaired) electrons. The van der Waals surface area contributed by atoms with Gasteiger partial charge in [-0.2, -0.15) is 0 Å². The van der Waals surface area contributed by atoms with Gasteiger partial charge < -0.3 is 34.6 Å². The largest absolute Gasteiger partial charge is 0.507 e. The van der Waals surface area contributed by atoms with Crippen LogP contribution in [-0.4, -0.2) is 69.5 Å². The molecule has 2 aliphatic carbocycles. The van der Waals surface area contributed by atoms with Crippen molar-refractivity contribution in [3.05, 3.63) is 51.6 Å². The number of benzene rings is 2. The van der Waals surface area contributed by atoms with Crippen molar-refractivity contribution in [2.45, 2.75) is 63.1 Å². The molecule has 1 aliphatic heterocycles. The third-order valence-electron chi connectivity index (χ3n) is 7.49. The van der Waals surface area contributed by atoms with Gasteiger partial charge in [0.2, 0.25) is 5.78 Å². The Kier molecular flexibility index (Phi) is 6.31. The predicted octanol–water partition coefficient (Wildman–Crippen LogP) is 2.09. The maximum Gasteiger partial charge on any atom is 0.202 e. The molecule has 1 heterocycles. The third-order valence-corrected chi connectivity index (χ3v) is 7.49. The summed E-state index contributed by atoms with van der Waals surface area (Å²) in [6.45, 7) is 0.919. The van der Waals surface area contributed by atoms with Crippen molar-refractivity contribution < 1.29 is 49.0 Å². The van der Waals surface area contributed by atoms with Gasteiger partial charge >= 0.3 is 0 Å². The van der Waals surface area contributed by atoms with Crippen LogP contribution < -0.4 is 4.74 Å². The Bertz CT molecular complexity index is 1310. The second-order valence-electron chi connectivity index (χ2n) is 9.81. The minimum Gasteiger partial charge on any atom is -0.507 e. The van der Waals surface area contributed by atoms with Crippen LogP contribution in [0.25, 0.3) is 0 Å². The van der Waals surface area contributed by atoms with Crippen molar-refractivity contribution >= 4 is 17.3 Å². The summed E-state index contributed by atoms with van der Waals surface area (Å²) in [5.74, 6) is -3.41. The summed E-state index contributed by atoms with van der Waals surface area (Å²) in [4.78, 5) is 39.6. The van der Waals surface area contributed by atoms with Crippen LogP contribution in [0, 0.1) is 0 Å². The van der Waals surface area contributed by atoms with Gasteiger partial charge in [0.1, 0.15) is 29.5 Å². The Morgan fingerprint density at radius 3 is 2.51 bits per heavy atom. The zero-order valence-corrected chi connectivity index (χ0v) is 20.4. The first-order valence-electron chi connectivity index (χ1n) is 12.2. The molecule has 4 atom stereocenters. The number of carbonyl (C=O) groups excluding carboxylic acids is 3. The van der Waals surface area contributed by atoms with Gasteiger partial charge in [-0.1, -0.05) is 12.1 Å². The number of phenolic OH excluding ortho intramolecular Hbond substituents is 2. The molecule has 37 heavy (non-hydrogen) atoms. The SMILES string of the molecule is COc1cccc2c1C(=O)c1c(O)c3c(c(O)c1C2=O)C[C@@](O)(C(=O)CO)C[C@@H]3OC1CCC[C@H](C)O1. The Labute approximate surface area is 212 Å². The smallest absolute Gasteiger partial charge is 0.202 e. The number of aliphatic hydroxyl groups is 2. The van der Waals surface area contributed by atoms with Gasteiger partial charge in [0.25, 0.3) is 0 Å². The summed E-state index contributed by atoms with van der Waals surface area (Å²) in [6.07, 6.45) is -0.733. The molecule has 10 nitrogen and oxygen atoms in total. The maximum absolute atomic E-state index is 13.6. The Balaban J connectivity index is 1.71. The average Bonchev–Trinajstić information content (AvgIpc) is 2.88. The molecule has 0 amide bonds. The summed E-state index contributed by atoms with van der Waals surface area (Å²) < 4.78 is 17.2. The highest BCUT2D eigenvalue weighted by Gasteiger charge is 2.49. The lowest BCUT2D eigenvalue weighted by atomic mass is 9.72. The summed E-state index contributed by atoms with van der Waals surface area (Å²) in [5, 5.41) is 43.5. The van der Waals surface area contributed by atoms with Crippen LogP contribution in [0.3, 0.4) is 0 Å². The monoisotopic (exact) mass is 512 g/mol. The highest BCUT2D eigenvalue weighted by Crippen LogP contribution is 2.52. The van der Waals surface area contributed by atoms with E-state index in [9.17, 15) is 34.8 Å². The zero-order valence-electron chi connectivity index (χ0n) is 20.4. The molecule has 196 valence electrons. The van der Waals surface area contributed by atoms with Gasteiger partial charge in [0, 0.05) is 29.5 Å². The number of phenols is 2. The fourth-order valence-electron chi connectivity index (χ4n) is 5.64. The molecule has 2 aromatic carbocycles. The normalized spacial score (nSPS) is 26.8. The number of fused-ring (bicyclic) bond motifs is 3. The number of carbonyl (C=O) groups is 3. The molecule has 5 rings (SSSR count). The Morgan fingerprint density at radius 1 is 1.11 bits per heavy atom. The van der Waals surface area contributed by atoms with E-state index in [0.29, 0.717) is 6.42 Å². The summed E-state index contributed by atoms with van der Waals surface area (Å²) in [5.41, 5.74) is -3.13. The van der Waals surface area contributed by atoms with Gasteiger partial charge in [0.05, 0.1) is 36.0 Å². The topological polar surface area (TPSA) is 160 Å². The van der Waals surface area contributed by atoms with Crippen LogP contribution in [0.5, 0.6) is 17.2 Å². The van der Waals surface area contributed by atoms with Crippen LogP contribution in [0.4, 0.5) is 0 Å². The van der Waals surface area contributed by atoms with Gasteiger partial charge in [-0.25, -0.2) is 0 Å². The van der Waals surface area contributed by atoms with Crippen molar-refractivity contribution in [2.24, 2.45) is 0 Å². The van der Waals surface area contributed by atoms with Crippen LogP contribution in [0.15, 0.2) is 18.2 Å². The number of rotatable bonds is 5. The standard InChI is InChI=1S/C27H28O10/c1-12-5-3-8-18(36-12)37-16-10-27(34,17(29)11-28)9-14-20(16)26(33)22-21(24(14)31)23(30)13-6-4-7-15(35-2)19(13)25(22)32/h4,6-7,12,16,18,28,31,33-34H,3,5,8-11H2,1-2H3/t12-,16-,18?,27-/m0/s1. The molecule has 1 fully saturated rings. The first kappa shape index (κ1) is 25.3. The summed E-state index contributed by atoms with van der Waals surface area (Å²) >= 11 is 0. The third kappa shape index (κ3) is 3.91. The van der Waals surface area contributed by atoms with Gasteiger partial charge in [-0.05, 0) is 32.3 Å². The summed E-state index contributed by atoms with van der Waals surface area (Å²) in [6, 6.07) is 4.45. The average molecular weight is 513 g/mol. The number of hydrogen-bond acceptors (Lipinski definition) is 10. The Morgan fingerprint density at radius 2 is 1.84 bits per heavy atom. The van der Waals surface area contributed by atoms with E-state index in [2.05, 4.69) is 0 Å². The van der Waals surface area contributed by atoms with Gasteiger partial charge in [0.15, 0.2) is 17.9 Å². The maximum atomic E-state index is 13.6. The van der Waals surface area contributed by atoms with Gasteiger partial charge in [-0.15, -0.1) is 0 Å². The highest BCUT2D eigenvalue weighted by atomic mass is 16.7. The fraction of sp³-hybridized carbons (Fsp3) is 0.444. The number of aliphatic hydroxyl groups excluding tert-OH is 1. The molecular formula is C27H28O10. The highest BCUT2D eigenvalue weighted by molar-refractivity contribution is 6.31.